The van der Waals surface area contributed by atoms with E-state index in [4.69, 9.17) is 11.6 Å². The average molecular weight is 431 g/mol. The largest absolute Gasteiger partial charge is 0.349 e. The van der Waals surface area contributed by atoms with Gasteiger partial charge in [0.1, 0.15) is 0 Å². The number of nitrogens with zero attached hydrogens (tertiary/aromatic N) is 3. The average Bonchev–Trinajstić information content (AvgIpc) is 2.69. The molecular weight excluding hydrogens is 408 g/mol. The van der Waals surface area contributed by atoms with E-state index in [-0.39, 0.29) is 29.2 Å². The minimum Gasteiger partial charge on any atom is -0.349 e. The lowest BCUT2D eigenvalue weighted by Crippen LogP contribution is -2.29. The number of aromatic nitrogens is 3. The zero-order valence-corrected chi connectivity index (χ0v) is 18.1. The molecule has 0 unspecified atom stereocenters. The van der Waals surface area contributed by atoms with E-state index in [1.807, 2.05) is 39.0 Å². The second kappa shape index (κ2) is 9.41. The number of amides is 1. The molecule has 1 atom stereocenters. The Morgan fingerprint density at radius 2 is 1.97 bits per heavy atom. The Morgan fingerprint density at radius 1 is 1.21 bits per heavy atom. The summed E-state index contributed by atoms with van der Waals surface area (Å²) >= 11 is 7.44. The molecule has 0 aliphatic carbocycles. The molecule has 0 spiro atoms. The summed E-state index contributed by atoms with van der Waals surface area (Å²) in [6.07, 6.45) is 1.61. The number of hydrogen-bond donors (Lipinski definition) is 1. The van der Waals surface area contributed by atoms with Crippen LogP contribution in [-0.2, 0) is 11.3 Å². The summed E-state index contributed by atoms with van der Waals surface area (Å²) in [5.74, 6) is 0.239. The van der Waals surface area contributed by atoms with Crippen LogP contribution in [0.15, 0.2) is 52.5 Å². The summed E-state index contributed by atoms with van der Waals surface area (Å²) in [7, 11) is 0. The minimum absolute atomic E-state index is 0.135. The number of thioether (sulfide) groups is 1. The summed E-state index contributed by atoms with van der Waals surface area (Å²) in [4.78, 5) is 34.1. The highest BCUT2D eigenvalue weighted by Crippen LogP contribution is 2.23. The van der Waals surface area contributed by atoms with E-state index in [0.29, 0.717) is 27.8 Å². The molecule has 3 aromatic rings. The van der Waals surface area contributed by atoms with Crippen molar-refractivity contribution in [2.75, 3.05) is 5.75 Å². The van der Waals surface area contributed by atoms with Crippen LogP contribution in [0.5, 0.6) is 0 Å². The van der Waals surface area contributed by atoms with Gasteiger partial charge in [-0.05, 0) is 36.6 Å². The molecule has 3 rings (SSSR count). The number of pyridine rings is 1. The number of carbonyl (C=O) groups is 1. The van der Waals surface area contributed by atoms with E-state index in [0.717, 1.165) is 5.56 Å². The van der Waals surface area contributed by atoms with Crippen LogP contribution in [0.2, 0.25) is 5.02 Å². The molecule has 152 valence electrons. The third kappa shape index (κ3) is 5.16. The van der Waals surface area contributed by atoms with E-state index in [1.165, 1.54) is 11.8 Å². The van der Waals surface area contributed by atoms with Gasteiger partial charge < -0.3 is 5.32 Å². The van der Waals surface area contributed by atoms with Crippen molar-refractivity contribution in [3.05, 3.63) is 63.5 Å². The van der Waals surface area contributed by atoms with Crippen molar-refractivity contribution in [1.82, 2.24) is 19.9 Å². The Kier molecular flexibility index (Phi) is 6.92. The third-order valence-electron chi connectivity index (χ3n) is 4.32. The number of halogens is 1. The number of nitrogens with one attached hydrogen (secondary N) is 1. The molecule has 0 saturated carbocycles. The van der Waals surface area contributed by atoms with Crippen molar-refractivity contribution in [3.8, 4) is 0 Å². The molecule has 6 nitrogen and oxygen atoms in total. The smallest absolute Gasteiger partial charge is 0.263 e. The molecule has 2 aromatic heterocycles. The van der Waals surface area contributed by atoms with Gasteiger partial charge in [0.15, 0.2) is 10.8 Å². The summed E-state index contributed by atoms with van der Waals surface area (Å²) < 4.78 is 1.63. The lowest BCUT2D eigenvalue weighted by atomic mass is 10.1. The minimum atomic E-state index is -0.221. The van der Waals surface area contributed by atoms with Crippen LogP contribution in [0.1, 0.15) is 32.4 Å². The second-order valence-corrected chi connectivity index (χ2v) is 8.53. The third-order valence-corrected chi connectivity index (χ3v) is 5.64. The quantitative estimate of drug-likeness (QED) is 0.451. The highest BCUT2D eigenvalue weighted by molar-refractivity contribution is 7.99. The van der Waals surface area contributed by atoms with Crippen molar-refractivity contribution >= 4 is 40.3 Å². The standard InChI is InChI=1S/C21H23ClN4O2S/c1-13(2)11-26-20(28)16-8-6-10-23-19(16)25-21(26)29-12-18(27)24-14(3)15-7-4-5-9-17(15)22/h4-10,13-14H,11-12H2,1-3H3,(H,24,27)/t14-/m0/s1. The zero-order chi connectivity index (χ0) is 21.0. The van der Waals surface area contributed by atoms with Crippen molar-refractivity contribution in [3.63, 3.8) is 0 Å². The van der Waals surface area contributed by atoms with E-state index in [2.05, 4.69) is 15.3 Å². The van der Waals surface area contributed by atoms with Gasteiger partial charge in [0.25, 0.3) is 5.56 Å². The zero-order valence-electron chi connectivity index (χ0n) is 16.6. The topological polar surface area (TPSA) is 76.9 Å². The van der Waals surface area contributed by atoms with Gasteiger partial charge in [-0.2, -0.15) is 0 Å². The highest BCUT2D eigenvalue weighted by atomic mass is 35.5. The number of hydrogen-bond acceptors (Lipinski definition) is 5. The number of carbonyl (C=O) groups excluding carboxylic acids is 1. The lowest BCUT2D eigenvalue weighted by molar-refractivity contribution is -0.119. The normalized spacial score (nSPS) is 12.3. The molecule has 1 amide bonds. The summed E-state index contributed by atoms with van der Waals surface area (Å²) in [5, 5.41) is 4.53. The first-order chi connectivity index (χ1) is 13.9. The summed E-state index contributed by atoms with van der Waals surface area (Å²) in [6.45, 7) is 6.48. The van der Waals surface area contributed by atoms with Crippen LogP contribution in [0.3, 0.4) is 0 Å². The molecule has 0 radical (unpaired) electrons. The Hall–Kier alpha value is -2.38. The first kappa shape index (κ1) is 21.3. The number of fused-ring (bicyclic) bond motifs is 1. The molecule has 0 aliphatic rings. The van der Waals surface area contributed by atoms with Crippen LogP contribution in [-0.4, -0.2) is 26.2 Å². The SMILES string of the molecule is CC(C)Cn1c(SCC(=O)N[C@@H](C)c2ccccc2Cl)nc2ncccc2c1=O. The highest BCUT2D eigenvalue weighted by Gasteiger charge is 2.16. The molecular formula is C21H23ClN4O2S. The summed E-state index contributed by atoms with van der Waals surface area (Å²) in [5.41, 5.74) is 1.12. The number of benzene rings is 1. The van der Waals surface area contributed by atoms with Gasteiger partial charge in [-0.15, -0.1) is 0 Å². The van der Waals surface area contributed by atoms with Crippen LogP contribution in [0, 0.1) is 5.92 Å². The van der Waals surface area contributed by atoms with Crippen molar-refractivity contribution < 1.29 is 4.79 Å². The van der Waals surface area contributed by atoms with Gasteiger partial charge >= 0.3 is 0 Å². The molecule has 2 heterocycles. The molecule has 0 bridgehead atoms. The maximum atomic E-state index is 12.9. The van der Waals surface area contributed by atoms with Gasteiger partial charge in [0.05, 0.1) is 17.2 Å². The van der Waals surface area contributed by atoms with Crippen LogP contribution in [0.4, 0.5) is 0 Å². The van der Waals surface area contributed by atoms with Gasteiger partial charge in [0, 0.05) is 17.8 Å². The Bertz CT molecular complexity index is 1080. The van der Waals surface area contributed by atoms with Gasteiger partial charge in [-0.25, -0.2) is 9.97 Å². The predicted octanol–water partition coefficient (Wildman–Crippen LogP) is 4.07. The molecule has 0 aliphatic heterocycles. The monoisotopic (exact) mass is 430 g/mol. The summed E-state index contributed by atoms with van der Waals surface area (Å²) in [6, 6.07) is 10.6. The Morgan fingerprint density at radius 3 is 2.69 bits per heavy atom. The van der Waals surface area contributed by atoms with Gasteiger partial charge in [-0.3, -0.25) is 14.2 Å². The van der Waals surface area contributed by atoms with E-state index < -0.39 is 0 Å². The molecule has 1 aromatic carbocycles. The molecule has 1 N–H and O–H groups in total. The molecule has 29 heavy (non-hydrogen) atoms. The van der Waals surface area contributed by atoms with Crippen LogP contribution in [0.25, 0.3) is 11.0 Å². The van der Waals surface area contributed by atoms with Crippen molar-refractivity contribution in [2.24, 2.45) is 5.92 Å². The van der Waals surface area contributed by atoms with Gasteiger partial charge in [0.2, 0.25) is 5.91 Å². The fourth-order valence-electron chi connectivity index (χ4n) is 2.99. The molecule has 0 saturated heterocycles. The first-order valence-corrected chi connectivity index (χ1v) is 10.7. The van der Waals surface area contributed by atoms with E-state index in [1.54, 1.807) is 29.0 Å². The second-order valence-electron chi connectivity index (χ2n) is 7.18. The van der Waals surface area contributed by atoms with Crippen molar-refractivity contribution in [2.45, 2.75) is 38.5 Å². The number of rotatable bonds is 7. The first-order valence-electron chi connectivity index (χ1n) is 9.39. The Labute approximate surface area is 178 Å². The maximum Gasteiger partial charge on any atom is 0.263 e. The van der Waals surface area contributed by atoms with E-state index in [9.17, 15) is 9.59 Å². The fourth-order valence-corrected chi connectivity index (χ4v) is 4.10. The van der Waals surface area contributed by atoms with Crippen LogP contribution >= 0.6 is 23.4 Å². The van der Waals surface area contributed by atoms with E-state index >= 15 is 0 Å². The van der Waals surface area contributed by atoms with Crippen molar-refractivity contribution in [1.29, 1.82) is 0 Å². The predicted molar refractivity (Wildman–Crippen MR) is 117 cm³/mol. The Balaban J connectivity index is 1.78. The molecule has 8 heteroatoms. The fraction of sp³-hybridized carbons (Fsp3) is 0.333. The lowest BCUT2D eigenvalue weighted by Gasteiger charge is -2.17. The van der Waals surface area contributed by atoms with Crippen LogP contribution < -0.4 is 10.9 Å². The van der Waals surface area contributed by atoms with Gasteiger partial charge in [-0.1, -0.05) is 55.4 Å². The molecule has 0 fully saturated rings. The maximum absolute atomic E-state index is 12.9.